The summed E-state index contributed by atoms with van der Waals surface area (Å²) in [5.74, 6) is 1.95. The molecule has 0 spiro atoms. The standard InChI is InChI=1S/C25H23N7O3/c1-31-14-17(35-21-6-4-3-5-20(21)31)11-26-25-27-12-18-22-19(13-28-30-22)24(33)32(23(18)29-25)15-7-9-16(34-2)10-8-15/h3-10,12-13,17H,11,14H2,1-2H3,(H,28,30)(H,26,27,29). The molecule has 1 aliphatic rings. The minimum atomic E-state index is -0.218. The molecule has 0 fully saturated rings. The number of benzene rings is 2. The van der Waals surface area contributed by atoms with Crippen molar-refractivity contribution >= 4 is 33.6 Å². The van der Waals surface area contributed by atoms with E-state index in [2.05, 4.69) is 25.4 Å². The van der Waals surface area contributed by atoms with Crippen LogP contribution in [0.25, 0.3) is 27.6 Å². The van der Waals surface area contributed by atoms with E-state index in [1.165, 1.54) is 0 Å². The summed E-state index contributed by atoms with van der Waals surface area (Å²) in [6, 6.07) is 15.2. The normalized spacial score (nSPS) is 15.1. The fourth-order valence-electron chi connectivity index (χ4n) is 4.45. The summed E-state index contributed by atoms with van der Waals surface area (Å²) in [7, 11) is 3.65. The number of nitrogens with zero attached hydrogens (tertiary/aromatic N) is 5. The summed E-state index contributed by atoms with van der Waals surface area (Å²) < 4.78 is 13.0. The fourth-order valence-corrected chi connectivity index (χ4v) is 4.45. The molecule has 5 aromatic rings. The van der Waals surface area contributed by atoms with E-state index in [0.29, 0.717) is 45.9 Å². The largest absolute Gasteiger partial charge is 0.497 e. The highest BCUT2D eigenvalue weighted by atomic mass is 16.5. The first kappa shape index (κ1) is 21.0. The van der Waals surface area contributed by atoms with Gasteiger partial charge in [0.1, 0.15) is 23.1 Å². The van der Waals surface area contributed by atoms with Gasteiger partial charge in [0.05, 0.1) is 42.3 Å². The van der Waals surface area contributed by atoms with E-state index in [1.54, 1.807) is 24.1 Å². The van der Waals surface area contributed by atoms with Crippen LogP contribution in [0.15, 0.2) is 65.7 Å². The first-order valence-electron chi connectivity index (χ1n) is 11.2. The number of aromatic nitrogens is 5. The number of H-pyrrole nitrogens is 1. The number of rotatable bonds is 5. The first-order chi connectivity index (χ1) is 17.1. The van der Waals surface area contributed by atoms with E-state index in [0.717, 1.165) is 18.0 Å². The zero-order chi connectivity index (χ0) is 23.9. The zero-order valence-electron chi connectivity index (χ0n) is 19.2. The van der Waals surface area contributed by atoms with Crippen LogP contribution in [0, 0.1) is 0 Å². The molecule has 3 aromatic heterocycles. The predicted molar refractivity (Wildman–Crippen MR) is 134 cm³/mol. The van der Waals surface area contributed by atoms with Crippen molar-refractivity contribution in [2.45, 2.75) is 6.10 Å². The molecule has 1 atom stereocenters. The van der Waals surface area contributed by atoms with Crippen LogP contribution in [0.4, 0.5) is 11.6 Å². The number of pyridine rings is 1. The second-order valence-electron chi connectivity index (χ2n) is 8.39. The highest BCUT2D eigenvalue weighted by Gasteiger charge is 2.23. The number of likely N-dealkylation sites (N-methyl/N-ethyl adjacent to an activating group) is 1. The van der Waals surface area contributed by atoms with Gasteiger partial charge < -0.3 is 19.7 Å². The van der Waals surface area contributed by atoms with Gasteiger partial charge in [0.2, 0.25) is 5.95 Å². The van der Waals surface area contributed by atoms with Gasteiger partial charge in [-0.15, -0.1) is 0 Å². The number of para-hydroxylation sites is 2. The average Bonchev–Trinajstić information content (AvgIpc) is 3.39. The minimum absolute atomic E-state index is 0.0909. The third kappa shape index (κ3) is 3.59. The van der Waals surface area contributed by atoms with E-state index in [-0.39, 0.29) is 11.7 Å². The number of aromatic amines is 1. The molecule has 0 saturated heterocycles. The van der Waals surface area contributed by atoms with E-state index >= 15 is 0 Å². The van der Waals surface area contributed by atoms with Gasteiger partial charge in [-0.05, 0) is 36.4 Å². The Bertz CT molecular complexity index is 1590. The van der Waals surface area contributed by atoms with Gasteiger partial charge in [-0.1, -0.05) is 12.1 Å². The molecule has 2 aromatic carbocycles. The molecule has 35 heavy (non-hydrogen) atoms. The molecule has 176 valence electrons. The highest BCUT2D eigenvalue weighted by Crippen LogP contribution is 2.32. The molecule has 10 nitrogen and oxygen atoms in total. The van der Waals surface area contributed by atoms with Crippen molar-refractivity contribution in [3.63, 3.8) is 0 Å². The first-order valence-corrected chi connectivity index (χ1v) is 11.2. The van der Waals surface area contributed by atoms with Crippen molar-refractivity contribution in [2.24, 2.45) is 0 Å². The predicted octanol–water partition coefficient (Wildman–Crippen LogP) is 2.97. The second-order valence-corrected chi connectivity index (χ2v) is 8.39. The van der Waals surface area contributed by atoms with Gasteiger partial charge in [0, 0.05) is 19.4 Å². The number of methoxy groups -OCH3 is 1. The van der Waals surface area contributed by atoms with Crippen molar-refractivity contribution in [3.05, 3.63) is 71.3 Å². The Kier molecular flexibility index (Phi) is 4.98. The Labute approximate surface area is 200 Å². The number of fused-ring (bicyclic) bond motifs is 4. The van der Waals surface area contributed by atoms with Gasteiger partial charge in [0.25, 0.3) is 5.56 Å². The Hall–Kier alpha value is -4.60. The van der Waals surface area contributed by atoms with Gasteiger partial charge in [-0.3, -0.25) is 14.5 Å². The van der Waals surface area contributed by atoms with Crippen LogP contribution in [0.3, 0.4) is 0 Å². The van der Waals surface area contributed by atoms with Gasteiger partial charge in [0.15, 0.2) is 5.65 Å². The molecule has 6 rings (SSSR count). The summed E-state index contributed by atoms with van der Waals surface area (Å²) in [4.78, 5) is 24.8. The Balaban J connectivity index is 1.37. The number of hydrogen-bond acceptors (Lipinski definition) is 8. The van der Waals surface area contributed by atoms with Crippen molar-refractivity contribution in [1.29, 1.82) is 0 Å². The SMILES string of the molecule is COc1ccc(-n2c(=O)c3c[nH]nc3c3cnc(NCC4CN(C)c5ccccc5O4)nc32)cc1. The lowest BCUT2D eigenvalue weighted by atomic mass is 10.2. The molecule has 10 heteroatoms. The van der Waals surface area contributed by atoms with E-state index < -0.39 is 0 Å². The molecule has 2 N–H and O–H groups in total. The van der Waals surface area contributed by atoms with E-state index in [9.17, 15) is 4.79 Å². The third-order valence-corrected chi connectivity index (χ3v) is 6.18. The lowest BCUT2D eigenvalue weighted by molar-refractivity contribution is 0.208. The number of hydrogen-bond donors (Lipinski definition) is 2. The summed E-state index contributed by atoms with van der Waals surface area (Å²) in [6.07, 6.45) is 3.20. The van der Waals surface area contributed by atoms with Crippen molar-refractivity contribution in [3.8, 4) is 17.2 Å². The maximum Gasteiger partial charge on any atom is 0.267 e. The Morgan fingerprint density at radius 3 is 2.83 bits per heavy atom. The molecule has 0 amide bonds. The highest BCUT2D eigenvalue weighted by molar-refractivity contribution is 6.02. The fraction of sp³-hybridized carbons (Fsp3) is 0.200. The smallest absolute Gasteiger partial charge is 0.267 e. The Morgan fingerprint density at radius 2 is 2.00 bits per heavy atom. The maximum atomic E-state index is 13.4. The van der Waals surface area contributed by atoms with Crippen molar-refractivity contribution in [2.75, 3.05) is 37.5 Å². The van der Waals surface area contributed by atoms with Crippen molar-refractivity contribution in [1.82, 2.24) is 24.7 Å². The lowest BCUT2D eigenvalue weighted by Gasteiger charge is -2.33. The second kappa shape index (κ2) is 8.32. The van der Waals surface area contributed by atoms with Crippen LogP contribution in [-0.4, -0.2) is 58.1 Å². The summed E-state index contributed by atoms with van der Waals surface area (Å²) in [6.45, 7) is 1.23. The molecule has 4 heterocycles. The summed E-state index contributed by atoms with van der Waals surface area (Å²) in [5, 5.41) is 11.5. The van der Waals surface area contributed by atoms with E-state index in [1.807, 2.05) is 55.6 Å². The molecule has 0 radical (unpaired) electrons. The van der Waals surface area contributed by atoms with Crippen LogP contribution < -0.4 is 25.2 Å². The topological polar surface area (TPSA) is 110 Å². The van der Waals surface area contributed by atoms with Gasteiger partial charge in [-0.25, -0.2) is 4.98 Å². The van der Waals surface area contributed by atoms with Gasteiger partial charge >= 0.3 is 0 Å². The van der Waals surface area contributed by atoms with Crippen LogP contribution in [0.1, 0.15) is 0 Å². The van der Waals surface area contributed by atoms with Crippen molar-refractivity contribution < 1.29 is 9.47 Å². The average molecular weight is 470 g/mol. The van der Waals surface area contributed by atoms with Crippen LogP contribution in [0.5, 0.6) is 11.5 Å². The molecule has 1 aliphatic heterocycles. The molecular formula is C25H23N7O3. The third-order valence-electron chi connectivity index (χ3n) is 6.18. The maximum absolute atomic E-state index is 13.4. The van der Waals surface area contributed by atoms with Crippen LogP contribution >= 0.6 is 0 Å². The number of anilines is 2. The molecule has 0 saturated carbocycles. The summed E-state index contributed by atoms with van der Waals surface area (Å²) >= 11 is 0. The van der Waals surface area contributed by atoms with Crippen LogP contribution in [0.2, 0.25) is 0 Å². The Morgan fingerprint density at radius 1 is 1.17 bits per heavy atom. The number of nitrogens with one attached hydrogen (secondary N) is 2. The monoisotopic (exact) mass is 469 g/mol. The van der Waals surface area contributed by atoms with Crippen LogP contribution in [-0.2, 0) is 0 Å². The molecule has 0 aliphatic carbocycles. The lowest BCUT2D eigenvalue weighted by Crippen LogP contribution is -2.41. The molecule has 1 unspecified atom stereocenters. The minimum Gasteiger partial charge on any atom is -0.497 e. The molecule has 0 bridgehead atoms. The zero-order valence-corrected chi connectivity index (χ0v) is 19.2. The molecular weight excluding hydrogens is 446 g/mol. The van der Waals surface area contributed by atoms with E-state index in [4.69, 9.17) is 14.5 Å². The summed E-state index contributed by atoms with van der Waals surface area (Å²) in [5.41, 5.74) is 2.52. The van der Waals surface area contributed by atoms with Gasteiger partial charge in [-0.2, -0.15) is 10.1 Å². The number of ether oxygens (including phenoxy) is 2. The quantitative estimate of drug-likeness (QED) is 0.404.